The summed E-state index contributed by atoms with van der Waals surface area (Å²) in [6.45, 7) is 3.82. The van der Waals surface area contributed by atoms with Crippen molar-refractivity contribution in [3.8, 4) is 0 Å². The van der Waals surface area contributed by atoms with E-state index in [0.29, 0.717) is 11.9 Å². The fourth-order valence-electron chi connectivity index (χ4n) is 2.59. The summed E-state index contributed by atoms with van der Waals surface area (Å²) < 4.78 is 2.14. The molecule has 1 aliphatic heterocycles. The maximum atomic E-state index is 4.52. The first-order valence-electron chi connectivity index (χ1n) is 7.25. The van der Waals surface area contributed by atoms with Crippen LogP contribution in [0.4, 0.5) is 11.8 Å². The molecule has 112 valence electrons. The molecule has 7 nitrogen and oxygen atoms in total. The zero-order valence-electron chi connectivity index (χ0n) is 12.7. The summed E-state index contributed by atoms with van der Waals surface area (Å²) in [7, 11) is 3.97. The lowest BCUT2D eigenvalue weighted by molar-refractivity contribution is 0.380. The van der Waals surface area contributed by atoms with Crippen LogP contribution < -0.4 is 10.2 Å². The molecule has 0 fully saturated rings. The van der Waals surface area contributed by atoms with E-state index in [1.807, 2.05) is 38.3 Å². The molecule has 0 amide bonds. The van der Waals surface area contributed by atoms with E-state index in [9.17, 15) is 0 Å². The lowest BCUT2D eigenvalue weighted by Gasteiger charge is -2.23. The third-order valence-corrected chi connectivity index (χ3v) is 3.77. The smallest absolute Gasteiger partial charge is 0.224 e. The molecule has 1 atom stereocenters. The van der Waals surface area contributed by atoms with Gasteiger partial charge >= 0.3 is 0 Å². The summed E-state index contributed by atoms with van der Waals surface area (Å²) in [6.07, 6.45) is 3.93. The van der Waals surface area contributed by atoms with Crippen molar-refractivity contribution < 1.29 is 0 Å². The number of hydrogen-bond donors (Lipinski definition) is 1. The van der Waals surface area contributed by atoms with Crippen LogP contribution in [0.5, 0.6) is 0 Å². The molecule has 1 N–H and O–H groups in total. The van der Waals surface area contributed by atoms with Crippen molar-refractivity contribution in [1.29, 1.82) is 0 Å². The van der Waals surface area contributed by atoms with Gasteiger partial charge in [-0.25, -0.2) is 4.98 Å². The molecular formula is C14H21N7. The summed E-state index contributed by atoms with van der Waals surface area (Å²) in [4.78, 5) is 11.0. The van der Waals surface area contributed by atoms with Crippen LogP contribution in [-0.4, -0.2) is 45.4 Å². The second-order valence-corrected chi connectivity index (χ2v) is 5.77. The minimum Gasteiger partial charge on any atom is -0.363 e. The van der Waals surface area contributed by atoms with Gasteiger partial charge in [0.05, 0.1) is 0 Å². The zero-order chi connectivity index (χ0) is 14.8. The van der Waals surface area contributed by atoms with Crippen molar-refractivity contribution in [2.75, 3.05) is 30.9 Å². The van der Waals surface area contributed by atoms with Crippen molar-refractivity contribution in [2.45, 2.75) is 26.3 Å². The number of nitrogens with zero attached hydrogens (tertiary/aromatic N) is 6. The monoisotopic (exact) mass is 287 g/mol. The van der Waals surface area contributed by atoms with Gasteiger partial charge in [-0.15, -0.1) is 10.2 Å². The van der Waals surface area contributed by atoms with Gasteiger partial charge in [0, 0.05) is 45.4 Å². The van der Waals surface area contributed by atoms with Crippen LogP contribution in [0.25, 0.3) is 0 Å². The lowest BCUT2D eigenvalue weighted by atomic mass is 9.99. The standard InChI is InChI=1S/C14H21N7/c1-10-6-13(20(2)3)18-14(17-10)15-7-11-4-5-12-19-16-9-21(12)8-11/h6,9,11H,4-5,7-8H2,1-3H3,(H,15,17,18). The molecule has 0 spiro atoms. The predicted octanol–water partition coefficient (Wildman–Crippen LogP) is 1.12. The van der Waals surface area contributed by atoms with Gasteiger partial charge in [-0.1, -0.05) is 0 Å². The van der Waals surface area contributed by atoms with Gasteiger partial charge in [-0.05, 0) is 19.3 Å². The summed E-state index contributed by atoms with van der Waals surface area (Å²) in [6, 6.07) is 1.98. The molecule has 21 heavy (non-hydrogen) atoms. The molecule has 7 heteroatoms. The Kier molecular flexibility index (Phi) is 3.72. The highest BCUT2D eigenvalue weighted by Gasteiger charge is 2.19. The maximum absolute atomic E-state index is 4.52. The molecule has 3 rings (SSSR count). The molecule has 1 unspecified atom stereocenters. The maximum Gasteiger partial charge on any atom is 0.224 e. The average Bonchev–Trinajstić information content (AvgIpc) is 2.92. The van der Waals surface area contributed by atoms with Gasteiger partial charge in [0.1, 0.15) is 18.0 Å². The quantitative estimate of drug-likeness (QED) is 0.908. The molecule has 0 aromatic carbocycles. The molecule has 0 saturated carbocycles. The number of rotatable bonds is 4. The van der Waals surface area contributed by atoms with Crippen LogP contribution in [0.2, 0.25) is 0 Å². The lowest BCUT2D eigenvalue weighted by Crippen LogP contribution is -2.26. The van der Waals surface area contributed by atoms with Crippen molar-refractivity contribution in [3.05, 3.63) is 23.9 Å². The molecule has 0 bridgehead atoms. The van der Waals surface area contributed by atoms with Crippen molar-refractivity contribution >= 4 is 11.8 Å². The van der Waals surface area contributed by atoms with E-state index in [-0.39, 0.29) is 0 Å². The van der Waals surface area contributed by atoms with Gasteiger partial charge in [0.2, 0.25) is 5.95 Å². The van der Waals surface area contributed by atoms with E-state index in [2.05, 4.69) is 30.0 Å². The SMILES string of the molecule is Cc1cc(N(C)C)nc(NCC2CCc3nncn3C2)n1. The summed E-state index contributed by atoms with van der Waals surface area (Å²) in [5.41, 5.74) is 0.973. The van der Waals surface area contributed by atoms with Crippen molar-refractivity contribution in [3.63, 3.8) is 0 Å². The Morgan fingerprint density at radius 2 is 2.24 bits per heavy atom. The fourth-order valence-corrected chi connectivity index (χ4v) is 2.59. The highest BCUT2D eigenvalue weighted by atomic mass is 15.3. The first-order chi connectivity index (χ1) is 10.1. The molecule has 1 aliphatic rings. The predicted molar refractivity (Wildman–Crippen MR) is 81.4 cm³/mol. The highest BCUT2D eigenvalue weighted by Crippen LogP contribution is 2.19. The van der Waals surface area contributed by atoms with Crippen molar-refractivity contribution in [2.24, 2.45) is 5.92 Å². The van der Waals surface area contributed by atoms with E-state index in [4.69, 9.17) is 0 Å². The van der Waals surface area contributed by atoms with Gasteiger partial charge in [-0.2, -0.15) is 4.98 Å². The van der Waals surface area contributed by atoms with Crippen LogP contribution in [0.3, 0.4) is 0 Å². The molecule has 0 radical (unpaired) electrons. The highest BCUT2D eigenvalue weighted by molar-refractivity contribution is 5.43. The molecule has 0 aliphatic carbocycles. The first kappa shape index (κ1) is 13.8. The molecule has 2 aromatic heterocycles. The molecule has 2 aromatic rings. The van der Waals surface area contributed by atoms with E-state index in [1.54, 1.807) is 0 Å². The molecule has 0 saturated heterocycles. The fraction of sp³-hybridized carbons (Fsp3) is 0.571. The van der Waals surface area contributed by atoms with E-state index in [1.165, 1.54) is 0 Å². The third kappa shape index (κ3) is 3.12. The van der Waals surface area contributed by atoms with Gasteiger partial charge in [0.25, 0.3) is 0 Å². The Bertz CT molecular complexity index is 620. The Morgan fingerprint density at radius 3 is 3.05 bits per heavy atom. The zero-order valence-corrected chi connectivity index (χ0v) is 12.7. The Hall–Kier alpha value is -2.18. The topological polar surface area (TPSA) is 71.8 Å². The Labute approximate surface area is 124 Å². The van der Waals surface area contributed by atoms with Crippen LogP contribution in [0.1, 0.15) is 17.9 Å². The van der Waals surface area contributed by atoms with Crippen molar-refractivity contribution in [1.82, 2.24) is 24.7 Å². The van der Waals surface area contributed by atoms with Gasteiger partial charge in [-0.3, -0.25) is 0 Å². The summed E-state index contributed by atoms with van der Waals surface area (Å²) >= 11 is 0. The number of anilines is 2. The normalized spacial score (nSPS) is 17.4. The van der Waals surface area contributed by atoms with Crippen LogP contribution >= 0.6 is 0 Å². The summed E-state index contributed by atoms with van der Waals surface area (Å²) in [5.74, 6) is 3.27. The van der Waals surface area contributed by atoms with Gasteiger partial charge < -0.3 is 14.8 Å². The first-order valence-corrected chi connectivity index (χ1v) is 7.25. The Morgan fingerprint density at radius 1 is 1.38 bits per heavy atom. The molecular weight excluding hydrogens is 266 g/mol. The number of aromatic nitrogens is 5. The second-order valence-electron chi connectivity index (χ2n) is 5.77. The summed E-state index contributed by atoms with van der Waals surface area (Å²) in [5, 5.41) is 11.4. The average molecular weight is 287 g/mol. The Balaban J connectivity index is 1.63. The second kappa shape index (κ2) is 5.67. The van der Waals surface area contributed by atoms with Crippen LogP contribution in [0.15, 0.2) is 12.4 Å². The minimum absolute atomic E-state index is 0.556. The van der Waals surface area contributed by atoms with E-state index in [0.717, 1.165) is 43.3 Å². The van der Waals surface area contributed by atoms with Crippen LogP contribution in [0, 0.1) is 12.8 Å². The number of fused-ring (bicyclic) bond motifs is 1. The third-order valence-electron chi connectivity index (χ3n) is 3.77. The number of aryl methyl sites for hydroxylation is 2. The number of hydrogen-bond acceptors (Lipinski definition) is 6. The number of nitrogens with one attached hydrogen (secondary N) is 1. The largest absolute Gasteiger partial charge is 0.363 e. The van der Waals surface area contributed by atoms with E-state index < -0.39 is 0 Å². The molecule has 3 heterocycles. The minimum atomic E-state index is 0.556. The van der Waals surface area contributed by atoms with Crippen LogP contribution in [-0.2, 0) is 13.0 Å². The van der Waals surface area contributed by atoms with E-state index >= 15 is 0 Å². The van der Waals surface area contributed by atoms with Gasteiger partial charge in [0.15, 0.2) is 0 Å².